The first kappa shape index (κ1) is 18.1. The first-order valence-corrected chi connectivity index (χ1v) is 9.86. The molecule has 0 atom stereocenters. The molecule has 0 saturated carbocycles. The Balaban J connectivity index is 1.46. The van der Waals surface area contributed by atoms with Crippen molar-refractivity contribution in [2.24, 2.45) is 5.10 Å². The molecular weight excluding hydrogens is 403 g/mol. The van der Waals surface area contributed by atoms with Crippen molar-refractivity contribution in [1.29, 1.82) is 0 Å². The first-order valence-electron chi connectivity index (χ1n) is 8.12. The van der Waals surface area contributed by atoms with Crippen LogP contribution in [0.4, 0.5) is 0 Å². The number of ether oxygens (including phenoxy) is 1. The van der Waals surface area contributed by atoms with Crippen LogP contribution in [0.1, 0.15) is 11.1 Å². The van der Waals surface area contributed by atoms with E-state index >= 15 is 0 Å². The number of thioether (sulfide) groups is 1. The molecule has 4 rings (SSSR count). The Morgan fingerprint density at radius 1 is 1.15 bits per heavy atom. The molecule has 27 heavy (non-hydrogen) atoms. The average molecular weight is 417 g/mol. The Morgan fingerprint density at radius 3 is 2.81 bits per heavy atom. The molecule has 0 saturated heterocycles. The van der Waals surface area contributed by atoms with Gasteiger partial charge >= 0.3 is 0 Å². The zero-order chi connectivity index (χ0) is 18.6. The van der Waals surface area contributed by atoms with Crippen molar-refractivity contribution in [3.8, 4) is 5.75 Å². The predicted octanol–water partition coefficient (Wildman–Crippen LogP) is 5.19. The molecule has 8 heteroatoms. The number of benzene rings is 2. The second-order valence-electron chi connectivity index (χ2n) is 5.81. The van der Waals surface area contributed by atoms with E-state index in [-0.39, 0.29) is 0 Å². The van der Waals surface area contributed by atoms with Gasteiger partial charge in [-0.1, -0.05) is 47.1 Å². The zero-order valence-corrected chi connectivity index (χ0v) is 16.4. The molecular formula is C19H14Cl2N4OS. The topological polar surface area (TPSA) is 52.3 Å². The van der Waals surface area contributed by atoms with Gasteiger partial charge in [-0.3, -0.25) is 0 Å². The predicted molar refractivity (Wildman–Crippen MR) is 110 cm³/mol. The van der Waals surface area contributed by atoms with Crippen LogP contribution in [0.15, 0.2) is 64.6 Å². The Labute approximate surface area is 170 Å². The largest absolute Gasteiger partial charge is 0.488 e. The second-order valence-corrected chi connectivity index (χ2v) is 7.62. The van der Waals surface area contributed by atoms with Gasteiger partial charge in [0, 0.05) is 26.9 Å². The van der Waals surface area contributed by atoms with Crippen molar-refractivity contribution >= 4 is 47.3 Å². The van der Waals surface area contributed by atoms with E-state index in [1.54, 1.807) is 29.0 Å². The standard InChI is InChI=1S/C19H14Cl2N4OS/c20-16-3-1-13(2-4-16)11-27-19-24-22-12-25(19)23-9-14-7-15-8-17(21)5-6-18(15)26-10-14/h1-9,12H,10-11H2. The summed E-state index contributed by atoms with van der Waals surface area (Å²) in [5, 5.41) is 14.6. The highest BCUT2D eigenvalue weighted by molar-refractivity contribution is 7.98. The molecule has 0 unspecified atom stereocenters. The molecule has 5 nitrogen and oxygen atoms in total. The molecule has 0 amide bonds. The van der Waals surface area contributed by atoms with Crippen molar-refractivity contribution in [3.05, 3.63) is 75.5 Å². The molecule has 3 aromatic rings. The van der Waals surface area contributed by atoms with Crippen LogP contribution in [0.25, 0.3) is 6.08 Å². The van der Waals surface area contributed by atoms with E-state index in [9.17, 15) is 0 Å². The molecule has 1 aliphatic heterocycles. The average Bonchev–Trinajstić information content (AvgIpc) is 3.13. The summed E-state index contributed by atoms with van der Waals surface area (Å²) >= 11 is 13.5. The minimum Gasteiger partial charge on any atom is -0.488 e. The zero-order valence-electron chi connectivity index (χ0n) is 14.0. The number of fused-ring (bicyclic) bond motifs is 1. The quantitative estimate of drug-likeness (QED) is 0.424. The molecule has 1 aliphatic rings. The summed E-state index contributed by atoms with van der Waals surface area (Å²) < 4.78 is 7.38. The van der Waals surface area contributed by atoms with Gasteiger partial charge in [-0.25, -0.2) is 0 Å². The molecule has 0 spiro atoms. The summed E-state index contributed by atoms with van der Waals surface area (Å²) in [6, 6.07) is 13.3. The second kappa shape index (κ2) is 8.17. The van der Waals surface area contributed by atoms with Crippen molar-refractivity contribution in [2.75, 3.05) is 6.61 Å². The van der Waals surface area contributed by atoms with E-state index in [0.717, 1.165) is 33.2 Å². The highest BCUT2D eigenvalue weighted by atomic mass is 35.5. The number of rotatable bonds is 5. The van der Waals surface area contributed by atoms with Crippen LogP contribution in [0.2, 0.25) is 10.0 Å². The summed E-state index contributed by atoms with van der Waals surface area (Å²) in [6.07, 6.45) is 5.34. The summed E-state index contributed by atoms with van der Waals surface area (Å²) in [5.41, 5.74) is 3.03. The lowest BCUT2D eigenvalue weighted by molar-refractivity contribution is 0.353. The smallest absolute Gasteiger partial charge is 0.212 e. The summed E-state index contributed by atoms with van der Waals surface area (Å²) in [6.45, 7) is 0.452. The fourth-order valence-corrected chi connectivity index (χ4v) is 3.63. The summed E-state index contributed by atoms with van der Waals surface area (Å²) in [5.74, 6) is 1.57. The van der Waals surface area contributed by atoms with Gasteiger partial charge in [0.05, 0.1) is 6.21 Å². The molecule has 136 valence electrons. The van der Waals surface area contributed by atoms with Crippen LogP contribution in [-0.4, -0.2) is 27.7 Å². The highest BCUT2D eigenvalue weighted by Crippen LogP contribution is 2.28. The Bertz CT molecular complexity index is 1010. The van der Waals surface area contributed by atoms with Crippen LogP contribution in [0.5, 0.6) is 5.75 Å². The maximum Gasteiger partial charge on any atom is 0.212 e. The maximum absolute atomic E-state index is 6.05. The van der Waals surface area contributed by atoms with Crippen molar-refractivity contribution < 1.29 is 4.74 Å². The lowest BCUT2D eigenvalue weighted by Gasteiger charge is -2.15. The number of hydrogen-bond donors (Lipinski definition) is 0. The van der Waals surface area contributed by atoms with E-state index in [1.165, 1.54) is 0 Å². The third-order valence-electron chi connectivity index (χ3n) is 3.84. The lowest BCUT2D eigenvalue weighted by atomic mass is 10.1. The molecule has 1 aromatic heterocycles. The van der Waals surface area contributed by atoms with Crippen LogP contribution in [0, 0.1) is 0 Å². The van der Waals surface area contributed by atoms with E-state index in [4.69, 9.17) is 27.9 Å². The Morgan fingerprint density at radius 2 is 1.96 bits per heavy atom. The van der Waals surface area contributed by atoms with Crippen LogP contribution in [-0.2, 0) is 5.75 Å². The highest BCUT2D eigenvalue weighted by Gasteiger charge is 2.11. The molecule has 0 N–H and O–H groups in total. The number of halogens is 2. The lowest BCUT2D eigenvalue weighted by Crippen LogP contribution is -2.08. The fourth-order valence-electron chi connectivity index (χ4n) is 2.50. The normalized spacial score (nSPS) is 13.3. The molecule has 0 bridgehead atoms. The summed E-state index contributed by atoms with van der Waals surface area (Å²) in [7, 11) is 0. The van der Waals surface area contributed by atoms with Gasteiger partial charge < -0.3 is 4.74 Å². The number of hydrogen-bond acceptors (Lipinski definition) is 5. The van der Waals surface area contributed by atoms with Crippen LogP contribution < -0.4 is 4.74 Å². The van der Waals surface area contributed by atoms with Gasteiger partial charge in [-0.15, -0.1) is 10.2 Å². The van der Waals surface area contributed by atoms with Gasteiger partial charge in [-0.2, -0.15) is 9.78 Å². The maximum atomic E-state index is 6.05. The Kier molecular flexibility index (Phi) is 5.48. The van der Waals surface area contributed by atoms with E-state index < -0.39 is 0 Å². The SMILES string of the molecule is Clc1ccc(CSc2nncn2N=CC2=Cc3cc(Cl)ccc3OC2)cc1. The van der Waals surface area contributed by atoms with Crippen molar-refractivity contribution in [2.45, 2.75) is 10.9 Å². The molecule has 0 aliphatic carbocycles. The van der Waals surface area contributed by atoms with Gasteiger partial charge in [0.25, 0.3) is 0 Å². The minimum atomic E-state index is 0.452. The Hall–Kier alpha value is -2.28. The molecule has 2 aromatic carbocycles. The summed E-state index contributed by atoms with van der Waals surface area (Å²) in [4.78, 5) is 0. The van der Waals surface area contributed by atoms with Crippen molar-refractivity contribution in [3.63, 3.8) is 0 Å². The third kappa shape index (κ3) is 4.53. The van der Waals surface area contributed by atoms with E-state index in [1.807, 2.05) is 48.5 Å². The fraction of sp³-hybridized carbons (Fsp3) is 0.105. The monoisotopic (exact) mass is 416 g/mol. The van der Waals surface area contributed by atoms with Crippen LogP contribution in [0.3, 0.4) is 0 Å². The van der Waals surface area contributed by atoms with Crippen molar-refractivity contribution in [1.82, 2.24) is 14.9 Å². The first-order chi connectivity index (χ1) is 13.2. The minimum absolute atomic E-state index is 0.452. The van der Waals surface area contributed by atoms with Gasteiger partial charge in [0.2, 0.25) is 5.16 Å². The van der Waals surface area contributed by atoms with Gasteiger partial charge in [-0.05, 0) is 42.0 Å². The number of nitrogens with zero attached hydrogens (tertiary/aromatic N) is 4. The molecule has 0 fully saturated rings. The van der Waals surface area contributed by atoms with E-state index in [0.29, 0.717) is 16.8 Å². The van der Waals surface area contributed by atoms with Gasteiger partial charge in [0.1, 0.15) is 18.7 Å². The molecule has 0 radical (unpaired) electrons. The van der Waals surface area contributed by atoms with Crippen LogP contribution >= 0.6 is 35.0 Å². The number of aromatic nitrogens is 3. The van der Waals surface area contributed by atoms with Gasteiger partial charge in [0.15, 0.2) is 0 Å². The molecule has 2 heterocycles. The van der Waals surface area contributed by atoms with E-state index in [2.05, 4.69) is 15.3 Å². The third-order valence-corrected chi connectivity index (χ3v) is 5.33.